The number of rotatable bonds is 3. The predicted octanol–water partition coefficient (Wildman–Crippen LogP) is 1.72. The van der Waals surface area contributed by atoms with Gasteiger partial charge in [0.05, 0.1) is 18.5 Å². The molecule has 1 aliphatic rings. The van der Waals surface area contributed by atoms with E-state index in [9.17, 15) is 18.0 Å². The third-order valence-electron chi connectivity index (χ3n) is 3.84. The molecule has 0 bridgehead atoms. The van der Waals surface area contributed by atoms with Crippen LogP contribution in [-0.2, 0) is 11.3 Å². The van der Waals surface area contributed by atoms with Crippen LogP contribution >= 0.6 is 0 Å². The number of H-pyrrole nitrogens is 1. The van der Waals surface area contributed by atoms with Crippen molar-refractivity contribution in [2.45, 2.75) is 25.2 Å². The number of aromatic nitrogens is 2. The largest absolute Gasteiger partial charge is 0.393 e. The lowest BCUT2D eigenvalue weighted by atomic mass is 10.1. The molecule has 5 nitrogen and oxygen atoms in total. The molecule has 0 spiro atoms. The molecule has 2 aromatic heterocycles. The van der Waals surface area contributed by atoms with Crippen molar-refractivity contribution in [3.05, 3.63) is 30.2 Å². The monoisotopic (exact) mass is 312 g/mol. The summed E-state index contributed by atoms with van der Waals surface area (Å²) >= 11 is 0. The first kappa shape index (κ1) is 14.8. The van der Waals surface area contributed by atoms with Crippen LogP contribution in [0.1, 0.15) is 12.1 Å². The fourth-order valence-electron chi connectivity index (χ4n) is 2.62. The highest BCUT2D eigenvalue weighted by Gasteiger charge is 2.45. The number of halogens is 3. The van der Waals surface area contributed by atoms with E-state index in [4.69, 9.17) is 0 Å². The molecule has 0 aromatic carbocycles. The highest BCUT2D eigenvalue weighted by atomic mass is 19.4. The first-order chi connectivity index (χ1) is 10.4. The molecule has 3 heterocycles. The van der Waals surface area contributed by atoms with Crippen LogP contribution in [0.4, 0.5) is 13.2 Å². The summed E-state index contributed by atoms with van der Waals surface area (Å²) in [6.07, 6.45) is -1.12. The number of nitrogens with one attached hydrogen (secondary N) is 3. The summed E-state index contributed by atoms with van der Waals surface area (Å²) < 4.78 is 37.8. The third kappa shape index (κ3) is 3.06. The zero-order valence-corrected chi connectivity index (χ0v) is 11.6. The predicted molar refractivity (Wildman–Crippen MR) is 73.9 cm³/mol. The number of hydrogen-bond donors (Lipinski definition) is 3. The number of fused-ring (bicyclic) bond motifs is 1. The van der Waals surface area contributed by atoms with Crippen LogP contribution in [-0.4, -0.2) is 34.6 Å². The first-order valence-electron chi connectivity index (χ1n) is 6.93. The van der Waals surface area contributed by atoms with Crippen molar-refractivity contribution >= 4 is 16.8 Å². The fraction of sp³-hybridized carbons (Fsp3) is 0.429. The molecule has 2 atom stereocenters. The van der Waals surface area contributed by atoms with E-state index in [1.807, 2.05) is 12.1 Å². The lowest BCUT2D eigenvalue weighted by molar-refractivity contribution is -0.169. The molecule has 1 saturated heterocycles. The number of carbonyl (C=O) groups is 1. The van der Waals surface area contributed by atoms with Crippen molar-refractivity contribution in [1.29, 1.82) is 0 Å². The highest BCUT2D eigenvalue weighted by Crippen LogP contribution is 2.32. The van der Waals surface area contributed by atoms with Gasteiger partial charge in [0.1, 0.15) is 0 Å². The highest BCUT2D eigenvalue weighted by molar-refractivity contribution is 5.82. The summed E-state index contributed by atoms with van der Waals surface area (Å²) in [6, 6.07) is 2.87. The molecule has 0 aliphatic carbocycles. The van der Waals surface area contributed by atoms with Gasteiger partial charge in [-0.2, -0.15) is 13.2 Å². The second-order valence-electron chi connectivity index (χ2n) is 5.41. The Bertz CT molecular complexity index is 649. The lowest BCUT2D eigenvalue weighted by Crippen LogP contribution is -2.40. The van der Waals surface area contributed by atoms with E-state index in [2.05, 4.69) is 20.6 Å². The van der Waals surface area contributed by atoms with Gasteiger partial charge in [0, 0.05) is 35.5 Å². The average Bonchev–Trinajstić information content (AvgIpc) is 3.10. The molecule has 118 valence electrons. The van der Waals surface area contributed by atoms with Gasteiger partial charge in [-0.15, -0.1) is 0 Å². The SMILES string of the molecule is O=C(NCc1cc2cnccc2[nH]1)C1CC(C(F)(F)F)CN1. The Morgan fingerprint density at radius 3 is 2.95 bits per heavy atom. The van der Waals surface area contributed by atoms with Gasteiger partial charge < -0.3 is 15.6 Å². The first-order valence-corrected chi connectivity index (χ1v) is 6.93. The van der Waals surface area contributed by atoms with Crippen molar-refractivity contribution in [3.63, 3.8) is 0 Å². The molecule has 0 saturated carbocycles. The maximum Gasteiger partial charge on any atom is 0.393 e. The van der Waals surface area contributed by atoms with Gasteiger partial charge in [0.2, 0.25) is 5.91 Å². The maximum absolute atomic E-state index is 12.6. The van der Waals surface area contributed by atoms with Crippen LogP contribution in [0.3, 0.4) is 0 Å². The van der Waals surface area contributed by atoms with Crippen LogP contribution < -0.4 is 10.6 Å². The Balaban J connectivity index is 1.56. The molecule has 3 rings (SSSR count). The van der Waals surface area contributed by atoms with Gasteiger partial charge in [-0.25, -0.2) is 0 Å². The van der Waals surface area contributed by atoms with Gasteiger partial charge in [0.15, 0.2) is 0 Å². The lowest BCUT2D eigenvalue weighted by Gasteiger charge is -2.13. The third-order valence-corrected chi connectivity index (χ3v) is 3.84. The Morgan fingerprint density at radius 1 is 1.45 bits per heavy atom. The summed E-state index contributed by atoms with van der Waals surface area (Å²) in [6.45, 7) is 0.0298. The summed E-state index contributed by atoms with van der Waals surface area (Å²) in [5.41, 5.74) is 1.68. The summed E-state index contributed by atoms with van der Waals surface area (Å²) in [7, 11) is 0. The molecular weight excluding hydrogens is 297 g/mol. The molecular formula is C14H15F3N4O. The minimum absolute atomic E-state index is 0.209. The Kier molecular flexibility index (Phi) is 3.78. The smallest absolute Gasteiger partial charge is 0.357 e. The zero-order valence-electron chi connectivity index (χ0n) is 11.6. The van der Waals surface area contributed by atoms with E-state index >= 15 is 0 Å². The standard InChI is InChI=1S/C14H15F3N4O/c15-14(16,17)9-4-12(19-6-9)13(22)20-7-10-3-8-5-18-2-1-11(8)21-10/h1-3,5,9,12,19,21H,4,6-7H2,(H,20,22). The molecule has 2 unspecified atom stereocenters. The molecule has 1 aliphatic heterocycles. The Morgan fingerprint density at radius 2 is 2.27 bits per heavy atom. The topological polar surface area (TPSA) is 69.8 Å². The number of aromatic amines is 1. The van der Waals surface area contributed by atoms with E-state index in [0.717, 1.165) is 16.6 Å². The van der Waals surface area contributed by atoms with E-state index < -0.39 is 24.0 Å². The molecule has 1 fully saturated rings. The van der Waals surface area contributed by atoms with E-state index in [1.165, 1.54) is 0 Å². The molecule has 0 radical (unpaired) electrons. The number of nitrogens with zero attached hydrogens (tertiary/aromatic N) is 1. The van der Waals surface area contributed by atoms with Crippen LogP contribution in [0.15, 0.2) is 24.5 Å². The van der Waals surface area contributed by atoms with Crippen molar-refractivity contribution in [1.82, 2.24) is 20.6 Å². The van der Waals surface area contributed by atoms with Crippen LogP contribution in [0, 0.1) is 5.92 Å². The molecule has 8 heteroatoms. The van der Waals surface area contributed by atoms with Crippen molar-refractivity contribution < 1.29 is 18.0 Å². The van der Waals surface area contributed by atoms with Crippen molar-refractivity contribution in [3.8, 4) is 0 Å². The van der Waals surface area contributed by atoms with Gasteiger partial charge in [-0.3, -0.25) is 9.78 Å². The van der Waals surface area contributed by atoms with Gasteiger partial charge in [-0.05, 0) is 18.6 Å². The number of pyridine rings is 1. The summed E-state index contributed by atoms with van der Waals surface area (Å²) in [5.74, 6) is -1.87. The molecule has 3 N–H and O–H groups in total. The van der Waals surface area contributed by atoms with Crippen LogP contribution in [0.2, 0.25) is 0 Å². The average molecular weight is 312 g/mol. The van der Waals surface area contributed by atoms with Gasteiger partial charge >= 0.3 is 6.18 Å². The van der Waals surface area contributed by atoms with Crippen molar-refractivity contribution in [2.24, 2.45) is 5.92 Å². The molecule has 2 aromatic rings. The number of amides is 1. The Hall–Kier alpha value is -2.09. The normalized spacial score (nSPS) is 22.1. The quantitative estimate of drug-likeness (QED) is 0.808. The number of carbonyl (C=O) groups excluding carboxylic acids is 1. The van der Waals surface area contributed by atoms with Gasteiger partial charge in [-0.1, -0.05) is 0 Å². The van der Waals surface area contributed by atoms with Gasteiger partial charge in [0.25, 0.3) is 0 Å². The van der Waals surface area contributed by atoms with E-state index in [-0.39, 0.29) is 19.5 Å². The summed E-state index contributed by atoms with van der Waals surface area (Å²) in [4.78, 5) is 19.1. The van der Waals surface area contributed by atoms with E-state index in [1.54, 1.807) is 12.4 Å². The zero-order chi connectivity index (χ0) is 15.7. The maximum atomic E-state index is 12.6. The molecule has 22 heavy (non-hydrogen) atoms. The second kappa shape index (κ2) is 5.60. The Labute approximate surface area is 124 Å². The molecule has 1 amide bonds. The number of alkyl halides is 3. The van der Waals surface area contributed by atoms with Crippen LogP contribution in [0.25, 0.3) is 10.9 Å². The van der Waals surface area contributed by atoms with Crippen LogP contribution in [0.5, 0.6) is 0 Å². The van der Waals surface area contributed by atoms with E-state index in [0.29, 0.717) is 0 Å². The summed E-state index contributed by atoms with van der Waals surface area (Å²) in [5, 5.41) is 6.20. The minimum atomic E-state index is -4.26. The minimum Gasteiger partial charge on any atom is -0.357 e. The second-order valence-corrected chi connectivity index (χ2v) is 5.41. The fourth-order valence-corrected chi connectivity index (χ4v) is 2.62. The van der Waals surface area contributed by atoms with Crippen molar-refractivity contribution in [2.75, 3.05) is 6.54 Å². The number of hydrogen-bond acceptors (Lipinski definition) is 3.